The van der Waals surface area contributed by atoms with Gasteiger partial charge in [0.2, 0.25) is 0 Å². The number of hydrogen-bond donors (Lipinski definition) is 1. The van der Waals surface area contributed by atoms with Crippen LogP contribution in [-0.4, -0.2) is 33.4 Å². The molecule has 0 spiro atoms. The molecule has 1 aromatic heterocycles. The fourth-order valence-corrected chi connectivity index (χ4v) is 3.56. The van der Waals surface area contributed by atoms with Gasteiger partial charge in [0.05, 0.1) is 11.0 Å². The molecule has 24 heavy (non-hydrogen) atoms. The summed E-state index contributed by atoms with van der Waals surface area (Å²) >= 11 is 0. The molecule has 1 N–H and O–H groups in total. The molecule has 3 rings (SSSR count). The lowest BCUT2D eigenvalue weighted by Crippen LogP contribution is -2.38. The predicted molar refractivity (Wildman–Crippen MR) is 93.5 cm³/mol. The lowest BCUT2D eigenvalue weighted by atomic mass is 9.94. The highest BCUT2D eigenvalue weighted by Crippen LogP contribution is 2.23. The van der Waals surface area contributed by atoms with Crippen LogP contribution >= 0.6 is 0 Å². The molecule has 1 saturated carbocycles. The molecule has 0 unspecified atom stereocenters. The van der Waals surface area contributed by atoms with Gasteiger partial charge in [-0.2, -0.15) is 0 Å². The summed E-state index contributed by atoms with van der Waals surface area (Å²) in [6, 6.07) is 5.42. The van der Waals surface area contributed by atoms with Crippen LogP contribution in [0.25, 0.3) is 11.0 Å². The molecule has 0 aliphatic heterocycles. The highest BCUT2D eigenvalue weighted by atomic mass is 16.2. The number of aromatic amines is 1. The first kappa shape index (κ1) is 16.5. The summed E-state index contributed by atoms with van der Waals surface area (Å²) in [6.45, 7) is 2.23. The highest BCUT2D eigenvalue weighted by Gasteiger charge is 2.23. The molecule has 1 amide bonds. The minimum Gasteiger partial charge on any atom is -0.339 e. The summed E-state index contributed by atoms with van der Waals surface area (Å²) in [5.74, 6) is -0.0427. The molecule has 1 fully saturated rings. The van der Waals surface area contributed by atoms with Gasteiger partial charge in [-0.1, -0.05) is 19.3 Å². The number of rotatable bonds is 3. The number of carbonyl (C=O) groups excluding carboxylic acids is 1. The summed E-state index contributed by atoms with van der Waals surface area (Å²) < 4.78 is 1.42. The molecule has 1 aliphatic rings. The van der Waals surface area contributed by atoms with Gasteiger partial charge >= 0.3 is 11.1 Å². The van der Waals surface area contributed by atoms with E-state index in [1.165, 1.54) is 11.0 Å². The van der Waals surface area contributed by atoms with E-state index < -0.39 is 11.1 Å². The number of amides is 1. The molecule has 1 heterocycles. The van der Waals surface area contributed by atoms with Crippen molar-refractivity contribution in [2.75, 3.05) is 7.05 Å². The van der Waals surface area contributed by atoms with Crippen LogP contribution in [0.4, 0.5) is 0 Å². The maximum atomic E-state index is 12.8. The van der Waals surface area contributed by atoms with Gasteiger partial charge in [-0.3, -0.25) is 14.4 Å². The standard InChI is InChI=1S/C18H23N3O3/c1-3-21-15-10-9-12(11-14(15)19-16(22)18(21)24)17(23)20(2)13-7-5-4-6-8-13/h9-11,13H,3-8H2,1-2H3,(H,19,22). The number of benzene rings is 1. The number of carbonyl (C=O) groups is 1. The molecule has 2 aromatic rings. The third-order valence-electron chi connectivity index (χ3n) is 4.98. The number of aryl methyl sites for hydroxylation is 1. The lowest BCUT2D eigenvalue weighted by Gasteiger charge is -2.31. The first-order valence-corrected chi connectivity index (χ1v) is 8.57. The average Bonchev–Trinajstić information content (AvgIpc) is 2.62. The number of fused-ring (bicyclic) bond motifs is 1. The third kappa shape index (κ3) is 2.88. The average molecular weight is 329 g/mol. The fourth-order valence-electron chi connectivity index (χ4n) is 3.56. The second kappa shape index (κ2) is 6.63. The summed E-state index contributed by atoms with van der Waals surface area (Å²) in [6.07, 6.45) is 5.65. The van der Waals surface area contributed by atoms with Crippen molar-refractivity contribution in [1.29, 1.82) is 0 Å². The summed E-state index contributed by atoms with van der Waals surface area (Å²) in [4.78, 5) is 40.8. The first-order chi connectivity index (χ1) is 11.5. The van der Waals surface area contributed by atoms with Crippen molar-refractivity contribution in [3.8, 4) is 0 Å². The van der Waals surface area contributed by atoms with Crippen LogP contribution < -0.4 is 11.1 Å². The van der Waals surface area contributed by atoms with E-state index in [0.717, 1.165) is 25.7 Å². The van der Waals surface area contributed by atoms with Crippen LogP contribution in [0, 0.1) is 0 Å². The van der Waals surface area contributed by atoms with E-state index in [9.17, 15) is 14.4 Å². The van der Waals surface area contributed by atoms with Crippen LogP contribution in [0.5, 0.6) is 0 Å². The molecule has 0 bridgehead atoms. The number of aromatic nitrogens is 2. The quantitative estimate of drug-likeness (QED) is 0.876. The monoisotopic (exact) mass is 329 g/mol. The largest absolute Gasteiger partial charge is 0.339 e. The topological polar surface area (TPSA) is 75.2 Å². The van der Waals surface area contributed by atoms with E-state index in [0.29, 0.717) is 23.1 Å². The van der Waals surface area contributed by atoms with Gasteiger partial charge in [0.1, 0.15) is 0 Å². The Balaban J connectivity index is 1.98. The van der Waals surface area contributed by atoms with E-state index in [1.54, 1.807) is 18.2 Å². The smallest absolute Gasteiger partial charge is 0.316 e. The Morgan fingerprint density at radius 2 is 1.96 bits per heavy atom. The Bertz CT molecular complexity index is 875. The Labute approximate surface area is 140 Å². The van der Waals surface area contributed by atoms with E-state index in [4.69, 9.17) is 0 Å². The zero-order valence-corrected chi connectivity index (χ0v) is 14.2. The SMILES string of the molecule is CCn1c(=O)c(=O)[nH]c2cc(C(=O)N(C)C3CCCCC3)ccc21. The summed E-state index contributed by atoms with van der Waals surface area (Å²) in [7, 11) is 1.85. The number of H-pyrrole nitrogens is 1. The fraction of sp³-hybridized carbons (Fsp3) is 0.500. The molecule has 6 heteroatoms. The van der Waals surface area contributed by atoms with Crippen molar-refractivity contribution in [3.05, 3.63) is 44.5 Å². The summed E-state index contributed by atoms with van der Waals surface area (Å²) in [5, 5.41) is 0. The maximum Gasteiger partial charge on any atom is 0.316 e. The molecular weight excluding hydrogens is 306 g/mol. The van der Waals surface area contributed by atoms with Crippen LogP contribution in [-0.2, 0) is 6.54 Å². The number of hydrogen-bond acceptors (Lipinski definition) is 3. The van der Waals surface area contributed by atoms with Crippen molar-refractivity contribution in [2.45, 2.75) is 51.6 Å². The van der Waals surface area contributed by atoms with Crippen LogP contribution in [0.15, 0.2) is 27.8 Å². The molecule has 0 saturated heterocycles. The van der Waals surface area contributed by atoms with Crippen molar-refractivity contribution in [2.24, 2.45) is 0 Å². The van der Waals surface area contributed by atoms with Gasteiger partial charge in [-0.15, -0.1) is 0 Å². The zero-order chi connectivity index (χ0) is 17.3. The van der Waals surface area contributed by atoms with Crippen molar-refractivity contribution >= 4 is 16.9 Å². The maximum absolute atomic E-state index is 12.8. The predicted octanol–water partition coefficient (Wildman–Crippen LogP) is 2.11. The molecule has 6 nitrogen and oxygen atoms in total. The van der Waals surface area contributed by atoms with E-state index in [1.807, 2.05) is 18.9 Å². The van der Waals surface area contributed by atoms with Crippen LogP contribution in [0.1, 0.15) is 49.4 Å². The van der Waals surface area contributed by atoms with Gasteiger partial charge in [-0.25, -0.2) is 0 Å². The Morgan fingerprint density at radius 3 is 2.62 bits per heavy atom. The van der Waals surface area contributed by atoms with E-state index >= 15 is 0 Å². The number of nitrogens with one attached hydrogen (secondary N) is 1. The molecule has 0 atom stereocenters. The Kier molecular flexibility index (Phi) is 4.55. The third-order valence-corrected chi connectivity index (χ3v) is 4.98. The van der Waals surface area contributed by atoms with Crippen LogP contribution in [0.3, 0.4) is 0 Å². The highest BCUT2D eigenvalue weighted by molar-refractivity contribution is 5.97. The van der Waals surface area contributed by atoms with Gasteiger partial charge in [0.25, 0.3) is 5.91 Å². The van der Waals surface area contributed by atoms with Gasteiger partial charge in [-0.05, 0) is 38.0 Å². The normalized spacial score (nSPS) is 15.6. The minimum absolute atomic E-state index is 0.0427. The van der Waals surface area contributed by atoms with Crippen molar-refractivity contribution < 1.29 is 4.79 Å². The lowest BCUT2D eigenvalue weighted by molar-refractivity contribution is 0.0696. The van der Waals surface area contributed by atoms with Gasteiger partial charge in [0, 0.05) is 25.2 Å². The molecule has 128 valence electrons. The molecule has 1 aromatic carbocycles. The Hall–Kier alpha value is -2.37. The van der Waals surface area contributed by atoms with Crippen LogP contribution in [0.2, 0.25) is 0 Å². The van der Waals surface area contributed by atoms with Gasteiger partial charge < -0.3 is 14.5 Å². The first-order valence-electron chi connectivity index (χ1n) is 8.57. The van der Waals surface area contributed by atoms with E-state index in [2.05, 4.69) is 4.98 Å². The second-order valence-electron chi connectivity index (χ2n) is 6.44. The van der Waals surface area contributed by atoms with Crippen molar-refractivity contribution in [1.82, 2.24) is 14.5 Å². The molecule has 1 aliphatic carbocycles. The molecule has 0 radical (unpaired) electrons. The zero-order valence-electron chi connectivity index (χ0n) is 14.2. The van der Waals surface area contributed by atoms with E-state index in [-0.39, 0.29) is 11.9 Å². The second-order valence-corrected chi connectivity index (χ2v) is 6.44. The molecular formula is C18H23N3O3. The number of nitrogens with zero attached hydrogens (tertiary/aromatic N) is 2. The minimum atomic E-state index is -0.658. The van der Waals surface area contributed by atoms with Crippen molar-refractivity contribution in [3.63, 3.8) is 0 Å². The summed E-state index contributed by atoms with van der Waals surface area (Å²) in [5.41, 5.74) is 0.467. The van der Waals surface area contributed by atoms with Gasteiger partial charge in [0.15, 0.2) is 0 Å². The Morgan fingerprint density at radius 1 is 1.25 bits per heavy atom.